The molecule has 0 aliphatic heterocycles. The van der Waals surface area contributed by atoms with E-state index < -0.39 is 11.9 Å². The zero-order chi connectivity index (χ0) is 15.3. The minimum absolute atomic E-state index is 0.0269. The van der Waals surface area contributed by atoms with Gasteiger partial charge < -0.3 is 10.8 Å². The molecule has 0 radical (unpaired) electrons. The molecule has 1 saturated carbocycles. The predicted octanol–water partition coefficient (Wildman–Crippen LogP) is 1.90. The molecule has 1 aliphatic carbocycles. The number of rotatable bonds is 6. The molecule has 3 N–H and O–H groups in total. The van der Waals surface area contributed by atoms with E-state index in [9.17, 15) is 14.4 Å². The molecule has 1 rings (SSSR count). The van der Waals surface area contributed by atoms with Crippen molar-refractivity contribution in [1.29, 1.82) is 0 Å². The highest BCUT2D eigenvalue weighted by Gasteiger charge is 2.27. The van der Waals surface area contributed by atoms with Crippen LogP contribution < -0.4 is 5.73 Å². The van der Waals surface area contributed by atoms with Crippen molar-refractivity contribution in [3.05, 3.63) is 11.6 Å². The zero-order valence-corrected chi connectivity index (χ0v) is 12.1. The minimum atomic E-state index is -0.952. The zero-order valence-electron chi connectivity index (χ0n) is 12.1. The van der Waals surface area contributed by atoms with E-state index in [4.69, 9.17) is 10.8 Å². The molecule has 5 nitrogen and oxygen atoms in total. The highest BCUT2D eigenvalue weighted by molar-refractivity contribution is 5.97. The summed E-state index contributed by atoms with van der Waals surface area (Å²) in [5.74, 6) is -1.16. The monoisotopic (exact) mass is 281 g/mol. The molecule has 0 spiro atoms. The Morgan fingerprint density at radius 3 is 2.60 bits per heavy atom. The smallest absolute Gasteiger partial charge is 0.303 e. The van der Waals surface area contributed by atoms with E-state index in [-0.39, 0.29) is 30.5 Å². The number of allylic oxidation sites excluding steroid dienone is 2. The number of aliphatic carboxylic acids is 1. The van der Waals surface area contributed by atoms with Gasteiger partial charge in [-0.05, 0) is 36.7 Å². The fraction of sp³-hybridized carbons (Fsp3) is 0.667. The standard InChI is InChI=1S/C15H23NO4/c1-9-5-10(2)15(20)12(6-9)4-3-11(7-13(16)17)8-14(18)19/h4,9-11H,3,5-8H2,1-2H3,(H2,16,17)(H,18,19)/b12-4+/t9-,10+,11-/m0/s1. The van der Waals surface area contributed by atoms with Crippen LogP contribution >= 0.6 is 0 Å². The van der Waals surface area contributed by atoms with Gasteiger partial charge in [0.15, 0.2) is 5.78 Å². The molecule has 0 unspecified atom stereocenters. The van der Waals surface area contributed by atoms with Gasteiger partial charge in [0.25, 0.3) is 0 Å². The van der Waals surface area contributed by atoms with Gasteiger partial charge in [-0.2, -0.15) is 0 Å². The number of carbonyl (C=O) groups excluding carboxylic acids is 2. The Balaban J connectivity index is 2.72. The topological polar surface area (TPSA) is 97.5 Å². The van der Waals surface area contributed by atoms with Gasteiger partial charge in [-0.15, -0.1) is 0 Å². The van der Waals surface area contributed by atoms with Gasteiger partial charge in [-0.25, -0.2) is 0 Å². The lowest BCUT2D eigenvalue weighted by molar-refractivity contribution is -0.138. The Hall–Kier alpha value is -1.65. The first-order chi connectivity index (χ1) is 9.29. The van der Waals surface area contributed by atoms with Crippen LogP contribution in [0.25, 0.3) is 0 Å². The number of hydrogen-bond acceptors (Lipinski definition) is 3. The van der Waals surface area contributed by atoms with E-state index in [2.05, 4.69) is 6.92 Å². The summed E-state index contributed by atoms with van der Waals surface area (Å²) < 4.78 is 0. The first kappa shape index (κ1) is 16.4. The Morgan fingerprint density at radius 1 is 1.40 bits per heavy atom. The van der Waals surface area contributed by atoms with Crippen LogP contribution in [0.15, 0.2) is 11.6 Å². The average Bonchev–Trinajstić information content (AvgIpc) is 2.30. The Bertz CT molecular complexity index is 412. The van der Waals surface area contributed by atoms with Crippen LogP contribution in [0.3, 0.4) is 0 Å². The molecule has 20 heavy (non-hydrogen) atoms. The van der Waals surface area contributed by atoms with Gasteiger partial charge in [0.2, 0.25) is 5.91 Å². The Kier molecular flexibility index (Phi) is 5.92. The first-order valence-corrected chi connectivity index (χ1v) is 7.03. The van der Waals surface area contributed by atoms with Gasteiger partial charge >= 0.3 is 5.97 Å². The molecule has 0 saturated heterocycles. The van der Waals surface area contributed by atoms with E-state index in [1.807, 2.05) is 13.0 Å². The molecular weight excluding hydrogens is 258 g/mol. The highest BCUT2D eigenvalue weighted by atomic mass is 16.4. The summed E-state index contributed by atoms with van der Waals surface area (Å²) in [6.45, 7) is 4.03. The predicted molar refractivity (Wildman–Crippen MR) is 74.8 cm³/mol. The summed E-state index contributed by atoms with van der Waals surface area (Å²) in [6.07, 6.45) is 3.79. The molecule has 0 aromatic rings. The van der Waals surface area contributed by atoms with Crippen LogP contribution in [0.1, 0.15) is 46.0 Å². The number of ketones is 1. The molecule has 0 aromatic carbocycles. The lowest BCUT2D eigenvalue weighted by Crippen LogP contribution is -2.24. The van der Waals surface area contributed by atoms with Crippen molar-refractivity contribution < 1.29 is 19.5 Å². The van der Waals surface area contributed by atoms with Gasteiger partial charge in [0.1, 0.15) is 0 Å². The van der Waals surface area contributed by atoms with Crippen LogP contribution in [0.2, 0.25) is 0 Å². The van der Waals surface area contributed by atoms with E-state index in [0.29, 0.717) is 12.3 Å². The van der Waals surface area contributed by atoms with E-state index >= 15 is 0 Å². The maximum atomic E-state index is 12.1. The molecule has 0 bridgehead atoms. The summed E-state index contributed by atoms with van der Waals surface area (Å²) >= 11 is 0. The maximum absolute atomic E-state index is 12.1. The van der Waals surface area contributed by atoms with E-state index in [1.54, 1.807) is 0 Å². The van der Waals surface area contributed by atoms with Crippen molar-refractivity contribution in [2.24, 2.45) is 23.5 Å². The lowest BCUT2D eigenvalue weighted by Gasteiger charge is -2.25. The fourth-order valence-corrected chi connectivity index (χ4v) is 2.85. The normalized spacial score (nSPS) is 26.5. The number of hydrogen-bond donors (Lipinski definition) is 2. The van der Waals surface area contributed by atoms with Crippen molar-refractivity contribution in [2.45, 2.75) is 46.0 Å². The third kappa shape index (κ3) is 5.15. The molecule has 112 valence electrons. The van der Waals surface area contributed by atoms with Gasteiger partial charge in [0.05, 0.1) is 0 Å². The first-order valence-electron chi connectivity index (χ1n) is 7.03. The number of primary amides is 1. The molecule has 1 amide bonds. The summed E-state index contributed by atoms with van der Waals surface area (Å²) in [5.41, 5.74) is 5.90. The third-order valence-electron chi connectivity index (χ3n) is 3.74. The Labute approximate surface area is 119 Å². The minimum Gasteiger partial charge on any atom is -0.481 e. The van der Waals surface area contributed by atoms with Gasteiger partial charge in [-0.3, -0.25) is 14.4 Å². The second-order valence-electron chi connectivity index (χ2n) is 5.91. The van der Waals surface area contributed by atoms with Crippen molar-refractivity contribution in [2.75, 3.05) is 0 Å². The average molecular weight is 281 g/mol. The molecule has 1 fully saturated rings. The van der Waals surface area contributed by atoms with Gasteiger partial charge in [0, 0.05) is 18.8 Å². The van der Waals surface area contributed by atoms with E-state index in [0.717, 1.165) is 18.4 Å². The quantitative estimate of drug-likeness (QED) is 0.726. The van der Waals surface area contributed by atoms with Crippen LogP contribution in [-0.2, 0) is 14.4 Å². The largest absolute Gasteiger partial charge is 0.481 e. The summed E-state index contributed by atoms with van der Waals surface area (Å²) in [5, 5.41) is 8.83. The molecule has 0 heterocycles. The molecular formula is C15H23NO4. The molecule has 5 heteroatoms. The second-order valence-corrected chi connectivity index (χ2v) is 5.91. The number of Topliss-reactive ketones (excluding diaryl/α,β-unsaturated/α-hetero) is 1. The van der Waals surface area contributed by atoms with Crippen LogP contribution in [-0.4, -0.2) is 22.8 Å². The third-order valence-corrected chi connectivity index (χ3v) is 3.74. The van der Waals surface area contributed by atoms with Crippen molar-refractivity contribution in [3.63, 3.8) is 0 Å². The fourth-order valence-electron chi connectivity index (χ4n) is 2.85. The number of carbonyl (C=O) groups is 3. The van der Waals surface area contributed by atoms with Crippen molar-refractivity contribution >= 4 is 17.7 Å². The highest BCUT2D eigenvalue weighted by Crippen LogP contribution is 2.30. The van der Waals surface area contributed by atoms with Crippen LogP contribution in [0, 0.1) is 17.8 Å². The molecule has 3 atom stereocenters. The molecule has 0 aromatic heterocycles. The van der Waals surface area contributed by atoms with Crippen LogP contribution in [0.5, 0.6) is 0 Å². The lowest BCUT2D eigenvalue weighted by atomic mass is 9.78. The summed E-state index contributed by atoms with van der Waals surface area (Å²) in [4.78, 5) is 33.8. The van der Waals surface area contributed by atoms with Crippen LogP contribution in [0.4, 0.5) is 0 Å². The van der Waals surface area contributed by atoms with E-state index in [1.165, 1.54) is 0 Å². The SMILES string of the molecule is C[C@@H]1C/C(=C\C[C@@H](CC(N)=O)CC(=O)O)C(=O)[C@H](C)C1. The number of amides is 1. The van der Waals surface area contributed by atoms with Crippen molar-refractivity contribution in [3.8, 4) is 0 Å². The van der Waals surface area contributed by atoms with Crippen molar-refractivity contribution in [1.82, 2.24) is 0 Å². The molecule has 1 aliphatic rings. The second kappa shape index (κ2) is 7.22. The summed E-state index contributed by atoms with van der Waals surface area (Å²) in [7, 11) is 0. The van der Waals surface area contributed by atoms with Gasteiger partial charge in [-0.1, -0.05) is 19.9 Å². The maximum Gasteiger partial charge on any atom is 0.303 e. The Morgan fingerprint density at radius 2 is 2.05 bits per heavy atom. The number of carboxylic acid groups (broad SMARTS) is 1. The number of nitrogens with two attached hydrogens (primary N) is 1. The number of carboxylic acids is 1. The summed E-state index contributed by atoms with van der Waals surface area (Å²) in [6, 6.07) is 0.